The van der Waals surface area contributed by atoms with E-state index in [1.54, 1.807) is 0 Å². The summed E-state index contributed by atoms with van der Waals surface area (Å²) in [6.45, 7) is 6.58. The molecule has 2 aliphatic heterocycles. The third-order valence-corrected chi connectivity index (χ3v) is 5.66. The first-order chi connectivity index (χ1) is 18.1. The molecule has 2 aliphatic rings. The van der Waals surface area contributed by atoms with Gasteiger partial charge in [-0.3, -0.25) is 19.2 Å². The third-order valence-electron chi connectivity index (χ3n) is 5.66. The summed E-state index contributed by atoms with van der Waals surface area (Å²) in [6, 6.07) is 0. The normalized spacial score (nSPS) is 19.3. The van der Waals surface area contributed by atoms with Crippen LogP contribution in [0, 0.1) is 11.8 Å². The van der Waals surface area contributed by atoms with Crippen molar-refractivity contribution < 1.29 is 57.2 Å². The van der Waals surface area contributed by atoms with Gasteiger partial charge in [-0.2, -0.15) is 0 Å². The summed E-state index contributed by atoms with van der Waals surface area (Å²) >= 11 is 0. The standard InChI is InChI=1S/C18H24N2O10.C6H14O2/c1-27-17(25)19-5-3-11(13(21)9-19)15(23)29-7-8-30-16(24)12-4-6-20(10-14(12)22)18(26)28-2;1-4-7-6(3)8-5-2/h11-12H,3-10H2,1-2H3;6H,4-5H2,1-3H3. The quantitative estimate of drug-likeness (QED) is 0.131. The van der Waals surface area contributed by atoms with Crippen molar-refractivity contribution in [2.75, 3.05) is 66.8 Å². The molecule has 2 fully saturated rings. The minimum Gasteiger partial charge on any atom is -0.462 e. The van der Waals surface area contributed by atoms with Crippen molar-refractivity contribution in [3.05, 3.63) is 0 Å². The van der Waals surface area contributed by atoms with Crippen LogP contribution in [-0.2, 0) is 47.6 Å². The van der Waals surface area contributed by atoms with Gasteiger partial charge in [-0.25, -0.2) is 9.59 Å². The van der Waals surface area contributed by atoms with Gasteiger partial charge >= 0.3 is 24.1 Å². The largest absolute Gasteiger partial charge is 0.462 e. The van der Waals surface area contributed by atoms with E-state index in [-0.39, 0.29) is 58.5 Å². The Morgan fingerprint density at radius 3 is 1.42 bits per heavy atom. The maximum absolute atomic E-state index is 12.1. The monoisotopic (exact) mass is 546 g/mol. The minimum absolute atomic E-state index is 0.0370. The molecule has 2 rings (SSSR count). The van der Waals surface area contributed by atoms with Crippen LogP contribution in [0.25, 0.3) is 0 Å². The molecule has 0 spiro atoms. The first-order valence-electron chi connectivity index (χ1n) is 12.4. The van der Waals surface area contributed by atoms with Crippen molar-refractivity contribution in [2.24, 2.45) is 11.8 Å². The predicted octanol–water partition coefficient (Wildman–Crippen LogP) is 0.793. The second-order valence-corrected chi connectivity index (χ2v) is 8.21. The number of hydrogen-bond acceptors (Lipinski definition) is 12. The van der Waals surface area contributed by atoms with Gasteiger partial charge in [0, 0.05) is 26.3 Å². The van der Waals surface area contributed by atoms with Crippen LogP contribution in [0.5, 0.6) is 0 Å². The maximum atomic E-state index is 12.1. The lowest BCUT2D eigenvalue weighted by molar-refractivity contribution is -0.162. The molecule has 216 valence electrons. The van der Waals surface area contributed by atoms with Gasteiger partial charge in [-0.1, -0.05) is 0 Å². The molecule has 0 aliphatic carbocycles. The molecule has 0 bridgehead atoms. The summed E-state index contributed by atoms with van der Waals surface area (Å²) in [4.78, 5) is 73.4. The topological polar surface area (TPSA) is 164 Å². The van der Waals surface area contributed by atoms with Gasteiger partial charge in [-0.15, -0.1) is 0 Å². The highest BCUT2D eigenvalue weighted by molar-refractivity contribution is 6.02. The Morgan fingerprint density at radius 2 is 1.13 bits per heavy atom. The molecule has 14 nitrogen and oxygen atoms in total. The zero-order chi connectivity index (χ0) is 28.7. The molecular formula is C24H38N2O12. The summed E-state index contributed by atoms with van der Waals surface area (Å²) in [5, 5.41) is 0. The van der Waals surface area contributed by atoms with Gasteiger partial charge in [0.2, 0.25) is 0 Å². The van der Waals surface area contributed by atoms with Crippen LogP contribution < -0.4 is 0 Å². The summed E-state index contributed by atoms with van der Waals surface area (Å²) in [6.07, 6.45) is -1.10. The van der Waals surface area contributed by atoms with Gasteiger partial charge in [-0.05, 0) is 33.6 Å². The van der Waals surface area contributed by atoms with E-state index in [0.29, 0.717) is 0 Å². The molecular weight excluding hydrogens is 508 g/mol. The Balaban J connectivity index is 0.000000781. The predicted molar refractivity (Wildman–Crippen MR) is 129 cm³/mol. The Hall–Kier alpha value is -3.26. The van der Waals surface area contributed by atoms with E-state index in [2.05, 4.69) is 9.47 Å². The highest BCUT2D eigenvalue weighted by atomic mass is 16.7. The van der Waals surface area contributed by atoms with Crippen molar-refractivity contribution >= 4 is 35.7 Å². The van der Waals surface area contributed by atoms with Crippen LogP contribution in [0.3, 0.4) is 0 Å². The minimum atomic E-state index is -0.995. The summed E-state index contributed by atoms with van der Waals surface area (Å²) < 4.78 is 29.1. The van der Waals surface area contributed by atoms with Crippen molar-refractivity contribution in [2.45, 2.75) is 39.9 Å². The first-order valence-corrected chi connectivity index (χ1v) is 12.4. The number of ether oxygens (including phenoxy) is 6. The number of nitrogens with zero attached hydrogens (tertiary/aromatic N) is 2. The van der Waals surface area contributed by atoms with Gasteiger partial charge in [0.15, 0.2) is 17.9 Å². The summed E-state index contributed by atoms with van der Waals surface area (Å²) in [5.41, 5.74) is 0. The number of amides is 2. The molecule has 2 unspecified atom stereocenters. The zero-order valence-electron chi connectivity index (χ0n) is 22.6. The Morgan fingerprint density at radius 1 is 0.763 bits per heavy atom. The molecule has 0 aromatic carbocycles. The molecule has 0 N–H and O–H groups in total. The SMILES string of the molecule is CCOC(C)OCC.COC(=O)N1CCC(C(=O)OCCOC(=O)C2CCN(C(=O)OC)CC2=O)C(=O)C1. The molecule has 0 saturated carbocycles. The number of esters is 2. The van der Waals surface area contributed by atoms with Crippen LogP contribution in [0.1, 0.15) is 33.6 Å². The number of rotatable bonds is 9. The van der Waals surface area contributed by atoms with E-state index in [9.17, 15) is 28.8 Å². The molecule has 2 amide bonds. The smallest absolute Gasteiger partial charge is 0.409 e. The fraction of sp³-hybridized carbons (Fsp3) is 0.750. The van der Waals surface area contributed by atoms with Gasteiger partial charge < -0.3 is 38.2 Å². The first kappa shape index (κ1) is 32.8. The zero-order valence-corrected chi connectivity index (χ0v) is 22.6. The summed E-state index contributed by atoms with van der Waals surface area (Å²) in [7, 11) is 2.40. The van der Waals surface area contributed by atoms with Crippen molar-refractivity contribution in [3.8, 4) is 0 Å². The number of likely N-dealkylation sites (tertiary alicyclic amines) is 2. The van der Waals surface area contributed by atoms with Gasteiger partial charge in [0.25, 0.3) is 0 Å². The lowest BCUT2D eigenvalue weighted by Crippen LogP contribution is -2.47. The molecule has 2 atom stereocenters. The second kappa shape index (κ2) is 17.3. The molecule has 0 aromatic heterocycles. The van der Waals surface area contributed by atoms with E-state index >= 15 is 0 Å². The lowest BCUT2D eigenvalue weighted by atomic mass is 9.96. The number of piperidine rings is 2. The maximum Gasteiger partial charge on any atom is 0.409 e. The number of Topliss-reactive ketones (excluding diaryl/α,β-unsaturated/α-hetero) is 2. The van der Waals surface area contributed by atoms with Crippen LogP contribution in [0.15, 0.2) is 0 Å². The van der Waals surface area contributed by atoms with Crippen molar-refractivity contribution in [1.29, 1.82) is 0 Å². The fourth-order valence-electron chi connectivity index (χ4n) is 3.72. The van der Waals surface area contributed by atoms with E-state index < -0.39 is 47.5 Å². The van der Waals surface area contributed by atoms with Crippen LogP contribution in [0.4, 0.5) is 9.59 Å². The molecule has 2 saturated heterocycles. The Kier molecular flexibility index (Phi) is 14.9. The number of hydrogen-bond donors (Lipinski definition) is 0. The van der Waals surface area contributed by atoms with Crippen LogP contribution >= 0.6 is 0 Å². The molecule has 2 heterocycles. The van der Waals surface area contributed by atoms with Crippen molar-refractivity contribution in [1.82, 2.24) is 9.80 Å². The summed E-state index contributed by atoms with van der Waals surface area (Å²) in [5.74, 6) is -4.43. The van der Waals surface area contributed by atoms with E-state index in [0.717, 1.165) is 13.2 Å². The highest BCUT2D eigenvalue weighted by Gasteiger charge is 2.37. The highest BCUT2D eigenvalue weighted by Crippen LogP contribution is 2.18. The van der Waals surface area contributed by atoms with E-state index in [1.807, 2.05) is 20.8 Å². The average Bonchev–Trinajstić information content (AvgIpc) is 2.90. The van der Waals surface area contributed by atoms with Crippen LogP contribution in [0.2, 0.25) is 0 Å². The van der Waals surface area contributed by atoms with E-state index in [4.69, 9.17) is 18.9 Å². The molecule has 0 aromatic rings. The Bertz CT molecular complexity index is 767. The van der Waals surface area contributed by atoms with Gasteiger partial charge in [0.05, 0.1) is 27.3 Å². The fourth-order valence-corrected chi connectivity index (χ4v) is 3.72. The third kappa shape index (κ3) is 10.6. The number of ketones is 2. The number of methoxy groups -OCH3 is 2. The van der Waals surface area contributed by atoms with Crippen molar-refractivity contribution in [3.63, 3.8) is 0 Å². The van der Waals surface area contributed by atoms with Crippen LogP contribution in [-0.4, -0.2) is 119 Å². The molecule has 0 radical (unpaired) electrons. The Labute approximate surface area is 221 Å². The van der Waals surface area contributed by atoms with E-state index in [1.165, 1.54) is 24.0 Å². The second-order valence-electron chi connectivity index (χ2n) is 8.21. The number of carbonyl (C=O) groups excluding carboxylic acids is 6. The lowest BCUT2D eigenvalue weighted by Gasteiger charge is -2.29. The average molecular weight is 547 g/mol. The van der Waals surface area contributed by atoms with Gasteiger partial charge in [0.1, 0.15) is 25.0 Å². The number of carbonyl (C=O) groups is 6. The molecule has 38 heavy (non-hydrogen) atoms. The molecule has 14 heteroatoms.